The van der Waals surface area contributed by atoms with Crippen LogP contribution in [0.1, 0.15) is 19.4 Å². The largest absolute Gasteiger partial charge is 0.484 e. The monoisotopic (exact) mass is 371 g/mol. The lowest BCUT2D eigenvalue weighted by Gasteiger charge is -2.07. The van der Waals surface area contributed by atoms with Crippen molar-refractivity contribution in [1.29, 1.82) is 0 Å². The minimum Gasteiger partial charge on any atom is -0.484 e. The Hall–Kier alpha value is -1.31. The summed E-state index contributed by atoms with van der Waals surface area (Å²) < 4.78 is 6.29. The topological polar surface area (TPSA) is 64.1 Å². The van der Waals surface area contributed by atoms with Gasteiger partial charge in [0.25, 0.3) is 5.91 Å². The fourth-order valence-corrected chi connectivity index (χ4v) is 3.43. The van der Waals surface area contributed by atoms with Crippen molar-refractivity contribution < 1.29 is 9.53 Å². The van der Waals surface area contributed by atoms with E-state index in [1.165, 1.54) is 11.3 Å². The molecule has 1 aromatic carbocycles. The molecule has 124 valence electrons. The van der Waals surface area contributed by atoms with Gasteiger partial charge in [-0.15, -0.1) is 10.2 Å². The van der Waals surface area contributed by atoms with E-state index in [2.05, 4.69) is 29.4 Å². The van der Waals surface area contributed by atoms with E-state index in [1.54, 1.807) is 30.0 Å². The van der Waals surface area contributed by atoms with Crippen LogP contribution in [0.2, 0.25) is 5.02 Å². The van der Waals surface area contributed by atoms with E-state index in [0.29, 0.717) is 21.8 Å². The molecule has 2 rings (SSSR count). The Kier molecular flexibility index (Phi) is 6.68. The van der Waals surface area contributed by atoms with Gasteiger partial charge in [-0.3, -0.25) is 10.1 Å². The lowest BCUT2D eigenvalue weighted by Crippen LogP contribution is -2.20. The Bertz CT molecular complexity index is 676. The van der Waals surface area contributed by atoms with Crippen LogP contribution in [0.15, 0.2) is 22.5 Å². The zero-order valence-corrected chi connectivity index (χ0v) is 15.5. The molecule has 0 aliphatic carbocycles. The number of nitrogens with zero attached hydrogens (tertiary/aromatic N) is 2. The molecular formula is C15H18ClN3O2S2. The molecule has 0 bridgehead atoms. The molecule has 1 N–H and O–H groups in total. The van der Waals surface area contributed by atoms with Gasteiger partial charge in [-0.2, -0.15) is 0 Å². The van der Waals surface area contributed by atoms with Gasteiger partial charge in [0.15, 0.2) is 10.9 Å². The summed E-state index contributed by atoms with van der Waals surface area (Å²) in [6, 6.07) is 5.27. The van der Waals surface area contributed by atoms with Crippen LogP contribution in [0.4, 0.5) is 5.13 Å². The average molecular weight is 372 g/mol. The van der Waals surface area contributed by atoms with Gasteiger partial charge in [0.1, 0.15) is 5.75 Å². The van der Waals surface area contributed by atoms with Gasteiger partial charge in [0.2, 0.25) is 5.13 Å². The zero-order valence-electron chi connectivity index (χ0n) is 13.1. The third-order valence-electron chi connectivity index (χ3n) is 2.69. The van der Waals surface area contributed by atoms with Crippen molar-refractivity contribution in [2.45, 2.75) is 25.1 Å². The van der Waals surface area contributed by atoms with E-state index < -0.39 is 0 Å². The molecule has 0 saturated heterocycles. The Morgan fingerprint density at radius 3 is 2.91 bits per heavy atom. The molecule has 0 aliphatic rings. The van der Waals surface area contributed by atoms with Crippen molar-refractivity contribution in [1.82, 2.24) is 10.2 Å². The van der Waals surface area contributed by atoms with Crippen LogP contribution in [-0.4, -0.2) is 28.5 Å². The number of aromatic nitrogens is 2. The van der Waals surface area contributed by atoms with E-state index >= 15 is 0 Å². The van der Waals surface area contributed by atoms with Crippen molar-refractivity contribution in [3.8, 4) is 5.75 Å². The van der Waals surface area contributed by atoms with Crippen molar-refractivity contribution in [3.05, 3.63) is 28.8 Å². The van der Waals surface area contributed by atoms with Crippen LogP contribution < -0.4 is 10.1 Å². The number of hydrogen-bond donors (Lipinski definition) is 1. The Labute approximate surface area is 148 Å². The lowest BCUT2D eigenvalue weighted by atomic mass is 10.2. The van der Waals surface area contributed by atoms with Gasteiger partial charge in [0, 0.05) is 10.8 Å². The third-order valence-corrected chi connectivity index (χ3v) is 5.52. The number of rotatable bonds is 7. The summed E-state index contributed by atoms with van der Waals surface area (Å²) in [7, 11) is 0. The van der Waals surface area contributed by atoms with Crippen LogP contribution >= 0.6 is 34.7 Å². The second-order valence-corrected chi connectivity index (χ2v) is 7.98. The second-order valence-electron chi connectivity index (χ2n) is 5.33. The second kappa shape index (κ2) is 8.52. The highest BCUT2D eigenvalue weighted by atomic mass is 35.5. The number of benzene rings is 1. The molecule has 8 heteroatoms. The lowest BCUT2D eigenvalue weighted by molar-refractivity contribution is -0.118. The van der Waals surface area contributed by atoms with Gasteiger partial charge in [-0.25, -0.2) is 0 Å². The first-order chi connectivity index (χ1) is 10.9. The zero-order chi connectivity index (χ0) is 16.8. The number of halogens is 1. The number of aryl methyl sites for hydroxylation is 1. The maximum atomic E-state index is 11.9. The molecule has 0 radical (unpaired) electrons. The van der Waals surface area contributed by atoms with E-state index in [1.807, 2.05) is 6.92 Å². The fraction of sp³-hybridized carbons (Fsp3) is 0.400. The number of thioether (sulfide) groups is 1. The average Bonchev–Trinajstić information content (AvgIpc) is 2.94. The minimum atomic E-state index is -0.269. The quantitative estimate of drug-likeness (QED) is 0.581. The van der Waals surface area contributed by atoms with E-state index in [0.717, 1.165) is 15.7 Å². The molecule has 23 heavy (non-hydrogen) atoms. The number of carbonyl (C=O) groups is 1. The maximum absolute atomic E-state index is 11.9. The third kappa shape index (κ3) is 6.01. The van der Waals surface area contributed by atoms with Gasteiger partial charge >= 0.3 is 0 Å². The summed E-state index contributed by atoms with van der Waals surface area (Å²) in [5.74, 6) is 1.89. The highest BCUT2D eigenvalue weighted by Crippen LogP contribution is 2.27. The normalized spacial score (nSPS) is 10.8. The Morgan fingerprint density at radius 2 is 2.22 bits per heavy atom. The van der Waals surface area contributed by atoms with Gasteiger partial charge in [-0.05, 0) is 36.6 Å². The SMILES string of the molecule is Cc1cc(OCC(=O)Nc2nnc(SCC(C)C)s2)ccc1Cl. The molecule has 1 aromatic heterocycles. The molecule has 0 fully saturated rings. The molecule has 0 saturated carbocycles. The first-order valence-corrected chi connectivity index (χ1v) is 9.27. The predicted octanol–water partition coefficient (Wildman–Crippen LogP) is 4.27. The predicted molar refractivity (Wildman–Crippen MR) is 95.8 cm³/mol. The maximum Gasteiger partial charge on any atom is 0.264 e. The van der Waals surface area contributed by atoms with Crippen LogP contribution in [0.25, 0.3) is 0 Å². The summed E-state index contributed by atoms with van der Waals surface area (Å²) in [5, 5.41) is 11.8. The number of carbonyl (C=O) groups excluding carboxylic acids is 1. The molecule has 0 aliphatic heterocycles. The molecular weight excluding hydrogens is 354 g/mol. The smallest absolute Gasteiger partial charge is 0.264 e. The van der Waals surface area contributed by atoms with Crippen LogP contribution in [0, 0.1) is 12.8 Å². The Balaban J connectivity index is 1.81. The van der Waals surface area contributed by atoms with Gasteiger partial charge in [0.05, 0.1) is 0 Å². The van der Waals surface area contributed by atoms with E-state index in [4.69, 9.17) is 16.3 Å². The number of amides is 1. The highest BCUT2D eigenvalue weighted by molar-refractivity contribution is 8.01. The van der Waals surface area contributed by atoms with Crippen LogP contribution in [-0.2, 0) is 4.79 Å². The summed E-state index contributed by atoms with van der Waals surface area (Å²) in [6.07, 6.45) is 0. The first kappa shape index (κ1) is 18.0. The first-order valence-electron chi connectivity index (χ1n) is 7.09. The van der Waals surface area contributed by atoms with E-state index in [9.17, 15) is 4.79 Å². The fourth-order valence-electron chi connectivity index (χ4n) is 1.57. The molecule has 0 spiro atoms. The van der Waals surface area contributed by atoms with Crippen molar-refractivity contribution in [3.63, 3.8) is 0 Å². The number of ether oxygens (including phenoxy) is 1. The molecule has 1 amide bonds. The van der Waals surface area contributed by atoms with Gasteiger partial charge in [-0.1, -0.05) is 48.5 Å². The Morgan fingerprint density at radius 1 is 1.43 bits per heavy atom. The number of anilines is 1. The summed E-state index contributed by atoms with van der Waals surface area (Å²) in [6.45, 7) is 6.08. The highest BCUT2D eigenvalue weighted by Gasteiger charge is 2.10. The molecule has 5 nitrogen and oxygen atoms in total. The molecule has 0 atom stereocenters. The molecule has 0 unspecified atom stereocenters. The van der Waals surface area contributed by atoms with Crippen molar-refractivity contribution >= 4 is 45.7 Å². The van der Waals surface area contributed by atoms with Gasteiger partial charge < -0.3 is 4.74 Å². The van der Waals surface area contributed by atoms with Crippen molar-refractivity contribution in [2.24, 2.45) is 5.92 Å². The van der Waals surface area contributed by atoms with E-state index in [-0.39, 0.29) is 12.5 Å². The molecule has 1 heterocycles. The summed E-state index contributed by atoms with van der Waals surface area (Å²) in [5.41, 5.74) is 0.903. The minimum absolute atomic E-state index is 0.0882. The summed E-state index contributed by atoms with van der Waals surface area (Å²) in [4.78, 5) is 11.9. The standard InChI is InChI=1S/C15H18ClN3O2S2/c1-9(2)8-22-15-19-18-14(23-15)17-13(20)7-21-11-4-5-12(16)10(3)6-11/h4-6,9H,7-8H2,1-3H3,(H,17,18,20). The van der Waals surface area contributed by atoms with Crippen LogP contribution in [0.3, 0.4) is 0 Å². The van der Waals surface area contributed by atoms with Crippen LogP contribution in [0.5, 0.6) is 5.75 Å². The summed E-state index contributed by atoms with van der Waals surface area (Å²) >= 11 is 8.95. The number of nitrogens with one attached hydrogen (secondary N) is 1. The number of hydrogen-bond acceptors (Lipinski definition) is 6. The molecule has 2 aromatic rings. The van der Waals surface area contributed by atoms with Crippen molar-refractivity contribution in [2.75, 3.05) is 17.7 Å².